The number of carbonyl (C=O) groups excluding carboxylic acids is 1. The number of amides is 1. The first kappa shape index (κ1) is 26.1. The lowest BCUT2D eigenvalue weighted by atomic mass is 10.2. The number of alkyl halides is 3. The molecule has 1 N–H and O–H groups in total. The first-order valence-corrected chi connectivity index (χ1v) is 13.3. The molecule has 38 heavy (non-hydrogen) atoms. The Hall–Kier alpha value is -3.54. The van der Waals surface area contributed by atoms with Crippen LogP contribution >= 0.6 is 34.7 Å². The Balaban J connectivity index is 1.49. The summed E-state index contributed by atoms with van der Waals surface area (Å²) in [6.07, 6.45) is -4.59. The fourth-order valence-electron chi connectivity index (χ4n) is 3.75. The van der Waals surface area contributed by atoms with Gasteiger partial charge >= 0.3 is 6.18 Å². The Morgan fingerprint density at radius 3 is 2.61 bits per heavy atom. The number of nitrogens with one attached hydrogen (secondary N) is 1. The Morgan fingerprint density at radius 2 is 1.92 bits per heavy atom. The predicted octanol–water partition coefficient (Wildman–Crippen LogP) is 7.42. The maximum absolute atomic E-state index is 13.8. The third-order valence-corrected chi connectivity index (χ3v) is 7.64. The molecule has 0 saturated carbocycles. The largest absolute Gasteiger partial charge is 0.461 e. The van der Waals surface area contributed by atoms with Gasteiger partial charge in [-0.1, -0.05) is 41.6 Å². The summed E-state index contributed by atoms with van der Waals surface area (Å²) in [7, 11) is 0. The number of thiophene rings is 1. The molecule has 1 amide bonds. The number of furan rings is 1. The molecule has 0 fully saturated rings. The Labute approximate surface area is 227 Å². The molecule has 0 bridgehead atoms. The second kappa shape index (κ2) is 10.3. The van der Waals surface area contributed by atoms with Crippen LogP contribution in [0.1, 0.15) is 11.3 Å². The highest BCUT2D eigenvalue weighted by molar-refractivity contribution is 7.99. The van der Waals surface area contributed by atoms with Gasteiger partial charge in [-0.25, -0.2) is 4.98 Å². The molecule has 0 spiro atoms. The second-order valence-corrected chi connectivity index (χ2v) is 10.3. The van der Waals surface area contributed by atoms with Gasteiger partial charge in [-0.3, -0.25) is 14.2 Å². The van der Waals surface area contributed by atoms with Crippen molar-refractivity contribution < 1.29 is 22.4 Å². The molecule has 0 radical (unpaired) electrons. The quantitative estimate of drug-likeness (QED) is 0.168. The first-order chi connectivity index (χ1) is 18.1. The number of rotatable bonds is 6. The molecule has 3 aromatic heterocycles. The lowest BCUT2D eigenvalue weighted by Gasteiger charge is -2.13. The molecule has 194 valence electrons. The van der Waals surface area contributed by atoms with Crippen molar-refractivity contribution in [2.75, 3.05) is 11.1 Å². The number of aromatic nitrogens is 2. The summed E-state index contributed by atoms with van der Waals surface area (Å²) >= 11 is 8.25. The molecular weight excluding hydrogens is 559 g/mol. The van der Waals surface area contributed by atoms with Gasteiger partial charge in [-0.15, -0.1) is 11.3 Å². The molecule has 0 aliphatic rings. The monoisotopic (exact) mass is 575 g/mol. The van der Waals surface area contributed by atoms with E-state index < -0.39 is 17.6 Å². The van der Waals surface area contributed by atoms with Crippen LogP contribution in [0.15, 0.2) is 80.4 Å². The normalized spacial score (nSPS) is 11.7. The van der Waals surface area contributed by atoms with Crippen molar-refractivity contribution in [3.63, 3.8) is 0 Å². The van der Waals surface area contributed by atoms with Gasteiger partial charge in [-0.05, 0) is 49.4 Å². The van der Waals surface area contributed by atoms with Crippen molar-refractivity contribution in [1.82, 2.24) is 9.55 Å². The summed E-state index contributed by atoms with van der Waals surface area (Å²) in [5.74, 6) is 0.412. The zero-order valence-corrected chi connectivity index (χ0v) is 21.9. The number of para-hydroxylation sites is 1. The van der Waals surface area contributed by atoms with Crippen molar-refractivity contribution in [1.29, 1.82) is 0 Å². The van der Waals surface area contributed by atoms with Crippen LogP contribution in [0.25, 0.3) is 27.2 Å². The number of aryl methyl sites for hydroxylation is 1. The minimum absolute atomic E-state index is 0.0311. The zero-order valence-electron chi connectivity index (χ0n) is 19.5. The standard InChI is InChI=1S/C26H17ClF3N3O3S2/c1-14-7-10-20(36-14)17-12-37-23-22(17)24(35)33(16-5-3-2-4-6-16)25(32-23)38-13-21(34)31-19-11-15(26(28,29)30)8-9-18(19)27/h2-12H,13H2,1H3,(H,31,34). The van der Waals surface area contributed by atoms with Gasteiger partial charge in [0.15, 0.2) is 5.16 Å². The van der Waals surface area contributed by atoms with E-state index in [1.54, 1.807) is 41.8 Å². The molecule has 3 heterocycles. The number of halogens is 4. The highest BCUT2D eigenvalue weighted by atomic mass is 35.5. The van der Waals surface area contributed by atoms with Crippen LogP contribution in [0.5, 0.6) is 0 Å². The summed E-state index contributed by atoms with van der Waals surface area (Å²) in [4.78, 5) is 31.6. The maximum atomic E-state index is 13.8. The smallest absolute Gasteiger partial charge is 0.416 e. The highest BCUT2D eigenvalue weighted by Gasteiger charge is 2.31. The van der Waals surface area contributed by atoms with Crippen LogP contribution < -0.4 is 10.9 Å². The Bertz CT molecular complexity index is 1710. The lowest BCUT2D eigenvalue weighted by molar-refractivity contribution is -0.137. The van der Waals surface area contributed by atoms with Gasteiger partial charge < -0.3 is 9.73 Å². The number of thioether (sulfide) groups is 1. The summed E-state index contributed by atoms with van der Waals surface area (Å²) in [6.45, 7) is 1.81. The van der Waals surface area contributed by atoms with Crippen LogP contribution in [0, 0.1) is 6.92 Å². The van der Waals surface area contributed by atoms with E-state index in [4.69, 9.17) is 16.0 Å². The summed E-state index contributed by atoms with van der Waals surface area (Å²) < 4.78 is 46.4. The molecule has 5 aromatic rings. The molecule has 0 aliphatic heterocycles. The number of benzene rings is 2. The van der Waals surface area contributed by atoms with E-state index in [9.17, 15) is 22.8 Å². The van der Waals surface area contributed by atoms with E-state index in [0.29, 0.717) is 33.0 Å². The van der Waals surface area contributed by atoms with Gasteiger partial charge in [0, 0.05) is 10.9 Å². The summed E-state index contributed by atoms with van der Waals surface area (Å²) in [5.41, 5.74) is -0.268. The highest BCUT2D eigenvalue weighted by Crippen LogP contribution is 2.35. The first-order valence-electron chi connectivity index (χ1n) is 11.1. The van der Waals surface area contributed by atoms with E-state index in [0.717, 1.165) is 30.0 Å². The van der Waals surface area contributed by atoms with Crippen LogP contribution in [0.3, 0.4) is 0 Å². The molecule has 0 unspecified atom stereocenters. The van der Waals surface area contributed by atoms with Gasteiger partial charge in [0.25, 0.3) is 5.56 Å². The van der Waals surface area contributed by atoms with Crippen molar-refractivity contribution in [3.05, 3.63) is 92.7 Å². The number of fused-ring (bicyclic) bond motifs is 1. The molecule has 6 nitrogen and oxygen atoms in total. The van der Waals surface area contributed by atoms with Gasteiger partial charge in [0.1, 0.15) is 16.4 Å². The minimum Gasteiger partial charge on any atom is -0.461 e. The van der Waals surface area contributed by atoms with E-state index in [-0.39, 0.29) is 27.2 Å². The van der Waals surface area contributed by atoms with Crippen LogP contribution in [-0.4, -0.2) is 21.2 Å². The Kier molecular flexibility index (Phi) is 7.08. The van der Waals surface area contributed by atoms with Gasteiger partial charge in [0.05, 0.1) is 33.1 Å². The van der Waals surface area contributed by atoms with E-state index >= 15 is 0 Å². The van der Waals surface area contributed by atoms with Crippen molar-refractivity contribution >= 4 is 56.5 Å². The molecular formula is C26H17ClF3N3O3S2. The predicted molar refractivity (Wildman–Crippen MR) is 143 cm³/mol. The minimum atomic E-state index is -4.59. The molecule has 0 atom stereocenters. The molecule has 0 saturated heterocycles. The zero-order chi connectivity index (χ0) is 27.0. The molecule has 0 aliphatic carbocycles. The van der Waals surface area contributed by atoms with Crippen molar-refractivity contribution in [3.8, 4) is 17.0 Å². The van der Waals surface area contributed by atoms with E-state index in [1.807, 2.05) is 13.0 Å². The van der Waals surface area contributed by atoms with Gasteiger partial charge in [-0.2, -0.15) is 13.2 Å². The number of carbonyl (C=O) groups is 1. The van der Waals surface area contributed by atoms with Crippen molar-refractivity contribution in [2.45, 2.75) is 18.3 Å². The lowest BCUT2D eigenvalue weighted by Crippen LogP contribution is -2.22. The average molecular weight is 576 g/mol. The van der Waals surface area contributed by atoms with Crippen LogP contribution in [-0.2, 0) is 11.0 Å². The van der Waals surface area contributed by atoms with Crippen LogP contribution in [0.2, 0.25) is 5.02 Å². The molecule has 5 rings (SSSR count). The molecule has 2 aromatic carbocycles. The van der Waals surface area contributed by atoms with E-state index in [1.165, 1.54) is 15.9 Å². The summed E-state index contributed by atoms with van der Waals surface area (Å²) in [5, 5.41) is 4.82. The van der Waals surface area contributed by atoms with Gasteiger partial charge in [0.2, 0.25) is 5.91 Å². The SMILES string of the molecule is Cc1ccc(-c2csc3nc(SCC(=O)Nc4cc(C(F)(F)F)ccc4Cl)n(-c4ccccc4)c(=O)c23)o1. The number of nitrogens with zero attached hydrogens (tertiary/aromatic N) is 2. The van der Waals surface area contributed by atoms with Crippen molar-refractivity contribution in [2.24, 2.45) is 0 Å². The Morgan fingerprint density at radius 1 is 1.16 bits per heavy atom. The fraction of sp³-hybridized carbons (Fsp3) is 0.115. The number of anilines is 1. The second-order valence-electron chi connectivity index (χ2n) is 8.14. The summed E-state index contributed by atoms with van der Waals surface area (Å²) in [6, 6.07) is 15.1. The number of hydrogen-bond donors (Lipinski definition) is 1. The van der Waals surface area contributed by atoms with E-state index in [2.05, 4.69) is 10.3 Å². The van der Waals surface area contributed by atoms with Crippen LogP contribution in [0.4, 0.5) is 18.9 Å². The third kappa shape index (κ3) is 5.22. The average Bonchev–Trinajstić information content (AvgIpc) is 3.50. The number of hydrogen-bond acceptors (Lipinski definition) is 6. The molecule has 12 heteroatoms. The third-order valence-electron chi connectivity index (χ3n) is 5.50. The maximum Gasteiger partial charge on any atom is 0.416 e. The fourth-order valence-corrected chi connectivity index (χ4v) is 5.69. The topological polar surface area (TPSA) is 77.1 Å².